The average Bonchev–Trinajstić information content (AvgIpc) is 2.73. The van der Waals surface area contributed by atoms with Crippen molar-refractivity contribution in [1.29, 1.82) is 0 Å². The summed E-state index contributed by atoms with van der Waals surface area (Å²) >= 11 is 0. The highest BCUT2D eigenvalue weighted by atomic mass is 19.1. The van der Waals surface area contributed by atoms with Gasteiger partial charge in [-0.15, -0.1) is 0 Å². The molecule has 0 radical (unpaired) electrons. The molecule has 1 aliphatic rings. The molecule has 0 aromatic heterocycles. The third kappa shape index (κ3) is 4.62. The van der Waals surface area contributed by atoms with Gasteiger partial charge in [-0.05, 0) is 25.1 Å². The maximum absolute atomic E-state index is 14.0. The van der Waals surface area contributed by atoms with Crippen LogP contribution in [-0.4, -0.2) is 55.1 Å². The predicted molar refractivity (Wildman–Crippen MR) is 108 cm³/mol. The van der Waals surface area contributed by atoms with Crippen molar-refractivity contribution in [3.63, 3.8) is 0 Å². The number of amides is 1. The summed E-state index contributed by atoms with van der Waals surface area (Å²) < 4.78 is 19.2. The molecule has 8 nitrogen and oxygen atoms in total. The van der Waals surface area contributed by atoms with Crippen LogP contribution >= 0.6 is 0 Å². The molecular weight excluding hydrogens is 379 g/mol. The third-order valence-electron chi connectivity index (χ3n) is 5.09. The van der Waals surface area contributed by atoms with E-state index in [2.05, 4.69) is 5.32 Å². The Kier molecular flexibility index (Phi) is 6.28. The molecule has 29 heavy (non-hydrogen) atoms. The molecule has 0 bridgehead atoms. The first-order valence-corrected chi connectivity index (χ1v) is 9.27. The van der Waals surface area contributed by atoms with Crippen LogP contribution in [0.3, 0.4) is 0 Å². The van der Waals surface area contributed by atoms with Crippen LogP contribution < -0.4 is 15.0 Å². The van der Waals surface area contributed by atoms with Gasteiger partial charge in [0.2, 0.25) is 5.91 Å². The summed E-state index contributed by atoms with van der Waals surface area (Å²) in [7, 11) is 1.43. The van der Waals surface area contributed by atoms with E-state index >= 15 is 0 Å². The van der Waals surface area contributed by atoms with Gasteiger partial charge in [-0.1, -0.05) is 12.1 Å². The number of piperazine rings is 1. The van der Waals surface area contributed by atoms with Crippen LogP contribution in [0.5, 0.6) is 5.75 Å². The summed E-state index contributed by atoms with van der Waals surface area (Å²) in [6.07, 6.45) is 0. The van der Waals surface area contributed by atoms with Crippen molar-refractivity contribution in [2.24, 2.45) is 0 Å². The molecule has 1 unspecified atom stereocenters. The molecule has 1 heterocycles. The normalized spacial score (nSPS) is 15.6. The number of hydrogen-bond acceptors (Lipinski definition) is 6. The van der Waals surface area contributed by atoms with Crippen molar-refractivity contribution in [3.8, 4) is 5.75 Å². The minimum Gasteiger partial charge on any atom is -0.495 e. The van der Waals surface area contributed by atoms with Crippen LogP contribution in [0.25, 0.3) is 0 Å². The number of carbonyl (C=O) groups is 1. The number of anilines is 2. The van der Waals surface area contributed by atoms with Crippen molar-refractivity contribution < 1.29 is 18.8 Å². The van der Waals surface area contributed by atoms with Gasteiger partial charge in [0.15, 0.2) is 0 Å². The lowest BCUT2D eigenvalue weighted by Crippen LogP contribution is -2.53. The van der Waals surface area contributed by atoms with Crippen molar-refractivity contribution >= 4 is 23.0 Å². The Morgan fingerprint density at radius 2 is 1.90 bits per heavy atom. The molecule has 0 aliphatic carbocycles. The van der Waals surface area contributed by atoms with Crippen LogP contribution in [0.1, 0.15) is 6.92 Å². The number of nitro groups is 1. The molecule has 0 saturated carbocycles. The van der Waals surface area contributed by atoms with E-state index in [9.17, 15) is 19.3 Å². The number of hydrogen-bond donors (Lipinski definition) is 1. The van der Waals surface area contributed by atoms with Gasteiger partial charge in [0.25, 0.3) is 5.69 Å². The van der Waals surface area contributed by atoms with Gasteiger partial charge >= 0.3 is 0 Å². The van der Waals surface area contributed by atoms with Gasteiger partial charge in [-0.25, -0.2) is 4.39 Å². The number of benzene rings is 2. The van der Waals surface area contributed by atoms with E-state index in [0.29, 0.717) is 37.6 Å². The minimum atomic E-state index is -0.527. The van der Waals surface area contributed by atoms with Gasteiger partial charge in [0.05, 0.1) is 29.4 Å². The Morgan fingerprint density at radius 3 is 2.52 bits per heavy atom. The molecule has 1 aliphatic heterocycles. The first-order chi connectivity index (χ1) is 13.9. The Hall–Kier alpha value is -3.20. The van der Waals surface area contributed by atoms with Gasteiger partial charge < -0.3 is 15.0 Å². The van der Waals surface area contributed by atoms with E-state index in [4.69, 9.17) is 4.74 Å². The zero-order chi connectivity index (χ0) is 21.0. The fraction of sp³-hybridized carbons (Fsp3) is 0.350. The molecule has 3 rings (SSSR count). The topological polar surface area (TPSA) is 87.9 Å². The molecule has 9 heteroatoms. The quantitative estimate of drug-likeness (QED) is 0.591. The Labute approximate surface area is 168 Å². The first-order valence-electron chi connectivity index (χ1n) is 9.27. The molecular formula is C20H23FN4O4. The number of ether oxygens (including phenoxy) is 1. The number of nitrogens with zero attached hydrogens (tertiary/aromatic N) is 3. The minimum absolute atomic E-state index is 0.132. The van der Waals surface area contributed by atoms with E-state index in [0.717, 1.165) is 0 Å². The molecule has 154 valence electrons. The van der Waals surface area contributed by atoms with Crippen molar-refractivity contribution in [1.82, 2.24) is 4.90 Å². The van der Waals surface area contributed by atoms with Gasteiger partial charge in [-0.2, -0.15) is 0 Å². The largest absolute Gasteiger partial charge is 0.495 e. The number of rotatable bonds is 6. The molecule has 1 atom stereocenters. The molecule has 2 aromatic carbocycles. The Morgan fingerprint density at radius 1 is 1.21 bits per heavy atom. The molecule has 1 fully saturated rings. The summed E-state index contributed by atoms with van der Waals surface area (Å²) in [5.41, 5.74) is 0.682. The number of carbonyl (C=O) groups excluding carboxylic acids is 1. The standard InChI is InChI=1S/C20H23FN4O4/c1-14(20(26)22-17-13-15(25(27)28)7-8-19(17)29-2)23-9-11-24(12-10-23)18-6-4-3-5-16(18)21/h3-8,13-14H,9-12H2,1-2H3,(H,22,26). The monoisotopic (exact) mass is 402 g/mol. The lowest BCUT2D eigenvalue weighted by molar-refractivity contribution is -0.384. The number of methoxy groups -OCH3 is 1. The highest BCUT2D eigenvalue weighted by molar-refractivity contribution is 5.96. The van der Waals surface area contributed by atoms with Crippen LogP contribution in [0.4, 0.5) is 21.5 Å². The zero-order valence-electron chi connectivity index (χ0n) is 16.3. The number of halogens is 1. The maximum atomic E-state index is 14.0. The van der Waals surface area contributed by atoms with E-state index in [1.807, 2.05) is 9.80 Å². The molecule has 1 saturated heterocycles. The zero-order valence-corrected chi connectivity index (χ0v) is 16.3. The summed E-state index contributed by atoms with van der Waals surface area (Å²) in [5.74, 6) is -0.201. The average molecular weight is 402 g/mol. The SMILES string of the molecule is COc1ccc([N+](=O)[O-])cc1NC(=O)C(C)N1CCN(c2ccccc2F)CC1. The molecule has 1 amide bonds. The highest BCUT2D eigenvalue weighted by Gasteiger charge is 2.27. The van der Waals surface area contributed by atoms with Crippen LogP contribution in [-0.2, 0) is 4.79 Å². The van der Waals surface area contributed by atoms with Gasteiger partial charge in [-0.3, -0.25) is 19.8 Å². The maximum Gasteiger partial charge on any atom is 0.271 e. The van der Waals surface area contributed by atoms with Crippen molar-refractivity contribution in [3.05, 3.63) is 58.4 Å². The second-order valence-electron chi connectivity index (χ2n) is 6.78. The lowest BCUT2D eigenvalue weighted by atomic mass is 10.2. The summed E-state index contributed by atoms with van der Waals surface area (Å²) in [6, 6.07) is 10.2. The fourth-order valence-corrected chi connectivity index (χ4v) is 3.37. The number of non-ortho nitro benzene ring substituents is 1. The van der Waals surface area contributed by atoms with Gasteiger partial charge in [0.1, 0.15) is 11.6 Å². The second-order valence-corrected chi connectivity index (χ2v) is 6.78. The molecule has 1 N–H and O–H groups in total. The van der Waals surface area contributed by atoms with Gasteiger partial charge in [0, 0.05) is 38.3 Å². The Balaban J connectivity index is 1.64. The number of para-hydroxylation sites is 1. The van der Waals surface area contributed by atoms with E-state index in [1.54, 1.807) is 25.1 Å². The highest BCUT2D eigenvalue weighted by Crippen LogP contribution is 2.29. The van der Waals surface area contributed by atoms with E-state index in [-0.39, 0.29) is 23.1 Å². The van der Waals surface area contributed by atoms with Crippen LogP contribution in [0.2, 0.25) is 0 Å². The third-order valence-corrected chi connectivity index (χ3v) is 5.09. The summed E-state index contributed by atoms with van der Waals surface area (Å²) in [6.45, 7) is 4.15. The Bertz CT molecular complexity index is 900. The van der Waals surface area contributed by atoms with E-state index in [1.165, 1.54) is 31.4 Å². The van der Waals surface area contributed by atoms with Crippen LogP contribution in [0.15, 0.2) is 42.5 Å². The lowest BCUT2D eigenvalue weighted by Gasteiger charge is -2.38. The number of nitro benzene ring substituents is 1. The van der Waals surface area contributed by atoms with Crippen molar-refractivity contribution in [2.45, 2.75) is 13.0 Å². The smallest absolute Gasteiger partial charge is 0.271 e. The number of nitrogens with one attached hydrogen (secondary N) is 1. The predicted octanol–water partition coefficient (Wildman–Crippen LogP) is 2.89. The molecule has 2 aromatic rings. The van der Waals surface area contributed by atoms with Crippen molar-refractivity contribution in [2.75, 3.05) is 43.5 Å². The summed E-state index contributed by atoms with van der Waals surface area (Å²) in [5, 5.41) is 13.7. The summed E-state index contributed by atoms with van der Waals surface area (Å²) in [4.78, 5) is 27.1. The molecule has 0 spiro atoms. The van der Waals surface area contributed by atoms with E-state index < -0.39 is 11.0 Å². The first kappa shape index (κ1) is 20.5. The van der Waals surface area contributed by atoms with Crippen LogP contribution in [0, 0.1) is 15.9 Å². The second kappa shape index (κ2) is 8.87. The fourth-order valence-electron chi connectivity index (χ4n) is 3.37.